The van der Waals surface area contributed by atoms with Gasteiger partial charge in [0.1, 0.15) is 0 Å². The number of hydrogen-bond donors (Lipinski definition) is 1. The Balaban J connectivity index is 2.33. The smallest absolute Gasteiger partial charge is 0.0698 e. The summed E-state index contributed by atoms with van der Waals surface area (Å²) >= 11 is 0. The van der Waals surface area contributed by atoms with Crippen LogP contribution in [0.5, 0.6) is 0 Å². The van der Waals surface area contributed by atoms with Crippen molar-refractivity contribution in [2.45, 2.75) is 13.0 Å². The van der Waals surface area contributed by atoms with Gasteiger partial charge < -0.3 is 9.84 Å². The molecule has 4 heteroatoms. The molecule has 0 aliphatic rings. The third-order valence-corrected chi connectivity index (χ3v) is 2.67. The molecule has 1 atom stereocenters. The van der Waals surface area contributed by atoms with Crippen molar-refractivity contribution < 1.29 is 9.84 Å². The highest BCUT2D eigenvalue weighted by Crippen LogP contribution is 2.16. The first kappa shape index (κ1) is 13.1. The standard InChI is InChI=1S/C12H20N2O2/c1-11(12-3-5-13-6-4-12)14(2)7-9-16-10-8-15/h3-6,11,15H,7-10H2,1-2H3. The van der Waals surface area contributed by atoms with Crippen molar-refractivity contribution in [3.8, 4) is 0 Å². The van der Waals surface area contributed by atoms with E-state index in [1.807, 2.05) is 24.5 Å². The average Bonchev–Trinajstić information content (AvgIpc) is 2.34. The maximum atomic E-state index is 8.57. The van der Waals surface area contributed by atoms with Crippen LogP contribution < -0.4 is 0 Å². The molecule has 1 rings (SSSR count). The monoisotopic (exact) mass is 224 g/mol. The Labute approximate surface area is 96.9 Å². The van der Waals surface area contributed by atoms with Crippen molar-refractivity contribution in [2.24, 2.45) is 0 Å². The predicted octanol–water partition coefficient (Wildman–Crippen LogP) is 1.08. The van der Waals surface area contributed by atoms with Crippen molar-refractivity contribution in [2.75, 3.05) is 33.4 Å². The van der Waals surface area contributed by atoms with Crippen LogP contribution in [-0.2, 0) is 4.74 Å². The molecule has 1 aromatic heterocycles. The molecule has 0 bridgehead atoms. The molecular weight excluding hydrogens is 204 g/mol. The van der Waals surface area contributed by atoms with E-state index in [0.717, 1.165) is 6.54 Å². The Morgan fingerprint density at radius 1 is 1.38 bits per heavy atom. The minimum absolute atomic E-state index is 0.0869. The summed E-state index contributed by atoms with van der Waals surface area (Å²) in [5, 5.41) is 8.57. The molecule has 1 unspecified atom stereocenters. The molecule has 1 N–H and O–H groups in total. The first-order valence-corrected chi connectivity index (χ1v) is 5.54. The van der Waals surface area contributed by atoms with Crippen LogP contribution in [0.15, 0.2) is 24.5 Å². The maximum Gasteiger partial charge on any atom is 0.0698 e. The normalized spacial score (nSPS) is 13.0. The van der Waals surface area contributed by atoms with Crippen molar-refractivity contribution in [3.63, 3.8) is 0 Å². The summed E-state index contributed by atoms with van der Waals surface area (Å²) < 4.78 is 5.24. The Morgan fingerprint density at radius 2 is 2.06 bits per heavy atom. The second kappa shape index (κ2) is 7.33. The predicted molar refractivity (Wildman–Crippen MR) is 63.2 cm³/mol. The lowest BCUT2D eigenvalue weighted by Crippen LogP contribution is -2.26. The first-order valence-electron chi connectivity index (χ1n) is 5.54. The van der Waals surface area contributed by atoms with Gasteiger partial charge in [-0.2, -0.15) is 0 Å². The first-order chi connectivity index (χ1) is 7.75. The second-order valence-corrected chi connectivity index (χ2v) is 3.77. The lowest BCUT2D eigenvalue weighted by Gasteiger charge is -2.24. The summed E-state index contributed by atoms with van der Waals surface area (Å²) in [6.45, 7) is 4.15. The molecule has 0 amide bonds. The molecule has 0 saturated heterocycles. The molecule has 0 aliphatic carbocycles. The summed E-state index contributed by atoms with van der Waals surface area (Å²) in [6, 6.07) is 4.40. The van der Waals surface area contributed by atoms with E-state index < -0.39 is 0 Å². The topological polar surface area (TPSA) is 45.6 Å². The van der Waals surface area contributed by atoms with Crippen LogP contribution in [0, 0.1) is 0 Å². The zero-order valence-corrected chi connectivity index (χ0v) is 9.97. The van der Waals surface area contributed by atoms with Gasteiger partial charge in [-0.05, 0) is 31.7 Å². The highest BCUT2D eigenvalue weighted by atomic mass is 16.5. The number of nitrogens with zero attached hydrogens (tertiary/aromatic N) is 2. The molecule has 0 radical (unpaired) electrons. The molecule has 0 fully saturated rings. The van der Waals surface area contributed by atoms with Gasteiger partial charge in [0, 0.05) is 25.0 Å². The molecule has 0 aliphatic heterocycles. The summed E-state index contributed by atoms with van der Waals surface area (Å²) in [4.78, 5) is 6.22. The number of ether oxygens (including phenoxy) is 1. The number of rotatable bonds is 7. The molecule has 0 saturated carbocycles. The average molecular weight is 224 g/mol. The summed E-state index contributed by atoms with van der Waals surface area (Å²) in [6.07, 6.45) is 3.61. The zero-order valence-electron chi connectivity index (χ0n) is 9.97. The molecule has 90 valence electrons. The fourth-order valence-corrected chi connectivity index (χ4v) is 1.47. The van der Waals surface area contributed by atoms with Gasteiger partial charge in [0.25, 0.3) is 0 Å². The molecule has 0 aromatic carbocycles. The third kappa shape index (κ3) is 4.26. The van der Waals surface area contributed by atoms with Crippen LogP contribution in [0.2, 0.25) is 0 Å². The van der Waals surface area contributed by atoms with Crippen LogP contribution >= 0.6 is 0 Å². The van der Waals surface area contributed by atoms with E-state index in [0.29, 0.717) is 19.3 Å². The minimum atomic E-state index is 0.0869. The third-order valence-electron chi connectivity index (χ3n) is 2.67. The Morgan fingerprint density at radius 3 is 2.69 bits per heavy atom. The van der Waals surface area contributed by atoms with Crippen LogP contribution in [0.4, 0.5) is 0 Å². The largest absolute Gasteiger partial charge is 0.394 e. The second-order valence-electron chi connectivity index (χ2n) is 3.77. The lowest BCUT2D eigenvalue weighted by atomic mass is 10.1. The van der Waals surface area contributed by atoms with Crippen molar-refractivity contribution >= 4 is 0 Å². The quantitative estimate of drug-likeness (QED) is 0.704. The number of hydrogen-bond acceptors (Lipinski definition) is 4. The van der Waals surface area contributed by atoms with Gasteiger partial charge in [-0.1, -0.05) is 0 Å². The Bertz CT molecular complexity index is 280. The minimum Gasteiger partial charge on any atom is -0.394 e. The SMILES string of the molecule is CC(c1ccncc1)N(C)CCOCCO. The van der Waals surface area contributed by atoms with E-state index in [1.54, 1.807) is 0 Å². The van der Waals surface area contributed by atoms with E-state index in [-0.39, 0.29) is 6.61 Å². The van der Waals surface area contributed by atoms with Crippen LogP contribution in [0.3, 0.4) is 0 Å². The van der Waals surface area contributed by atoms with Gasteiger partial charge in [0.05, 0.1) is 19.8 Å². The summed E-state index contributed by atoms with van der Waals surface area (Å²) in [5.41, 5.74) is 1.25. The molecule has 1 aromatic rings. The van der Waals surface area contributed by atoms with E-state index in [4.69, 9.17) is 9.84 Å². The Kier molecular flexibility index (Phi) is 6.00. The molecule has 1 heterocycles. The number of aliphatic hydroxyl groups excluding tert-OH is 1. The zero-order chi connectivity index (χ0) is 11.8. The van der Waals surface area contributed by atoms with Crippen LogP contribution in [0.25, 0.3) is 0 Å². The highest BCUT2D eigenvalue weighted by Gasteiger charge is 2.10. The van der Waals surface area contributed by atoms with E-state index >= 15 is 0 Å². The fourth-order valence-electron chi connectivity index (χ4n) is 1.47. The number of aromatic nitrogens is 1. The van der Waals surface area contributed by atoms with Gasteiger partial charge in [-0.15, -0.1) is 0 Å². The van der Waals surface area contributed by atoms with Gasteiger partial charge in [0.15, 0.2) is 0 Å². The van der Waals surface area contributed by atoms with Gasteiger partial charge >= 0.3 is 0 Å². The van der Waals surface area contributed by atoms with Gasteiger partial charge in [0.2, 0.25) is 0 Å². The summed E-state index contributed by atoms with van der Waals surface area (Å²) in [7, 11) is 2.06. The summed E-state index contributed by atoms with van der Waals surface area (Å²) in [5.74, 6) is 0. The van der Waals surface area contributed by atoms with Crippen molar-refractivity contribution in [1.29, 1.82) is 0 Å². The van der Waals surface area contributed by atoms with E-state index in [9.17, 15) is 0 Å². The number of pyridine rings is 1. The Hall–Kier alpha value is -0.970. The van der Waals surface area contributed by atoms with E-state index in [1.165, 1.54) is 5.56 Å². The molecular formula is C12H20N2O2. The lowest BCUT2D eigenvalue weighted by molar-refractivity contribution is 0.0719. The number of aliphatic hydroxyl groups is 1. The van der Waals surface area contributed by atoms with Crippen LogP contribution in [0.1, 0.15) is 18.5 Å². The van der Waals surface area contributed by atoms with E-state index in [2.05, 4.69) is 23.9 Å². The van der Waals surface area contributed by atoms with Crippen molar-refractivity contribution in [3.05, 3.63) is 30.1 Å². The number of likely N-dealkylation sites (N-methyl/N-ethyl adjacent to an activating group) is 1. The van der Waals surface area contributed by atoms with Crippen LogP contribution in [-0.4, -0.2) is 48.4 Å². The van der Waals surface area contributed by atoms with Gasteiger partial charge in [-0.25, -0.2) is 0 Å². The van der Waals surface area contributed by atoms with Crippen molar-refractivity contribution in [1.82, 2.24) is 9.88 Å². The highest BCUT2D eigenvalue weighted by molar-refractivity contribution is 5.13. The molecule has 0 spiro atoms. The van der Waals surface area contributed by atoms with Gasteiger partial charge in [-0.3, -0.25) is 9.88 Å². The maximum absolute atomic E-state index is 8.57. The molecule has 16 heavy (non-hydrogen) atoms. The fraction of sp³-hybridized carbons (Fsp3) is 0.583. The molecule has 4 nitrogen and oxygen atoms in total.